The Morgan fingerprint density at radius 1 is 1.20 bits per heavy atom. The lowest BCUT2D eigenvalue weighted by Crippen LogP contribution is -2.15. The van der Waals surface area contributed by atoms with Gasteiger partial charge in [-0.1, -0.05) is 13.8 Å². The summed E-state index contributed by atoms with van der Waals surface area (Å²) in [7, 11) is 0. The molecule has 0 aliphatic heterocycles. The van der Waals surface area contributed by atoms with Gasteiger partial charge in [-0.05, 0) is 13.3 Å². The quantitative estimate of drug-likeness (QED) is 0.724. The van der Waals surface area contributed by atoms with Gasteiger partial charge in [0.15, 0.2) is 5.65 Å². The summed E-state index contributed by atoms with van der Waals surface area (Å²) in [5, 5.41) is 0. The zero-order valence-electron chi connectivity index (χ0n) is 11.7. The Kier molecular flexibility index (Phi) is 2.70. The van der Waals surface area contributed by atoms with E-state index in [1.807, 2.05) is 20.8 Å². The van der Waals surface area contributed by atoms with Crippen molar-refractivity contribution < 1.29 is 0 Å². The lowest BCUT2D eigenvalue weighted by Gasteiger charge is -2.08. The van der Waals surface area contributed by atoms with Gasteiger partial charge in [-0.3, -0.25) is 9.20 Å². The molecule has 0 saturated heterocycles. The third-order valence-electron chi connectivity index (χ3n) is 3.42. The number of nitrogens with zero attached hydrogens (tertiary/aromatic N) is 4. The number of H-pyrrole nitrogens is 1. The van der Waals surface area contributed by atoms with Gasteiger partial charge in [0, 0.05) is 6.42 Å². The second-order valence-corrected chi connectivity index (χ2v) is 4.69. The van der Waals surface area contributed by atoms with Gasteiger partial charge in [0.25, 0.3) is 5.56 Å². The minimum absolute atomic E-state index is 0.176. The summed E-state index contributed by atoms with van der Waals surface area (Å²) in [5.41, 5.74) is 8.80. The zero-order valence-corrected chi connectivity index (χ0v) is 11.7. The maximum Gasteiger partial charge on any atom is 0.274 e. The van der Waals surface area contributed by atoms with Crippen LogP contribution >= 0.6 is 0 Å². The molecule has 3 aromatic heterocycles. The van der Waals surface area contributed by atoms with E-state index < -0.39 is 0 Å². The number of aromatic nitrogens is 5. The summed E-state index contributed by atoms with van der Waals surface area (Å²) < 4.78 is 1.79. The maximum absolute atomic E-state index is 12.3. The van der Waals surface area contributed by atoms with Gasteiger partial charge < -0.3 is 10.7 Å². The van der Waals surface area contributed by atoms with Crippen LogP contribution in [0.1, 0.15) is 31.1 Å². The molecule has 0 atom stereocenters. The first kappa shape index (κ1) is 12.6. The van der Waals surface area contributed by atoms with Crippen LogP contribution in [0.5, 0.6) is 0 Å². The molecule has 0 spiro atoms. The van der Waals surface area contributed by atoms with Crippen molar-refractivity contribution in [2.75, 3.05) is 5.73 Å². The number of nitrogens with two attached hydrogens (primary N) is 1. The predicted molar refractivity (Wildman–Crippen MR) is 76.8 cm³/mol. The highest BCUT2D eigenvalue weighted by Crippen LogP contribution is 2.18. The van der Waals surface area contributed by atoms with Crippen molar-refractivity contribution >= 4 is 22.6 Å². The molecule has 3 rings (SSSR count). The Morgan fingerprint density at radius 3 is 2.60 bits per heavy atom. The fraction of sp³-hybridized carbons (Fsp3) is 0.385. The number of fused-ring (bicyclic) bond motifs is 3. The Morgan fingerprint density at radius 2 is 1.95 bits per heavy atom. The Balaban J connectivity index is 2.65. The van der Waals surface area contributed by atoms with Crippen LogP contribution in [0.15, 0.2) is 4.79 Å². The third kappa shape index (κ3) is 1.59. The monoisotopic (exact) mass is 272 g/mol. The molecule has 7 nitrogen and oxygen atoms in total. The average Bonchev–Trinajstić information content (AvgIpc) is 2.77. The van der Waals surface area contributed by atoms with Crippen LogP contribution in [0.2, 0.25) is 0 Å². The number of rotatable bonds is 2. The van der Waals surface area contributed by atoms with Gasteiger partial charge in [-0.15, -0.1) is 0 Å². The van der Waals surface area contributed by atoms with Crippen LogP contribution in [0, 0.1) is 6.92 Å². The highest BCUT2D eigenvalue weighted by molar-refractivity contribution is 5.78. The first-order valence-corrected chi connectivity index (χ1v) is 6.63. The van der Waals surface area contributed by atoms with Crippen LogP contribution in [0.3, 0.4) is 0 Å². The van der Waals surface area contributed by atoms with Gasteiger partial charge in [-0.25, -0.2) is 9.97 Å². The molecule has 0 aliphatic rings. The summed E-state index contributed by atoms with van der Waals surface area (Å²) in [5.74, 6) is 1.00. The van der Waals surface area contributed by atoms with Crippen molar-refractivity contribution in [3.05, 3.63) is 27.6 Å². The summed E-state index contributed by atoms with van der Waals surface area (Å²) >= 11 is 0. The van der Waals surface area contributed by atoms with Crippen LogP contribution in [-0.4, -0.2) is 24.3 Å². The van der Waals surface area contributed by atoms with Crippen LogP contribution in [-0.2, 0) is 12.8 Å². The van der Waals surface area contributed by atoms with Gasteiger partial charge in [0.1, 0.15) is 16.9 Å². The molecule has 0 unspecified atom stereocenters. The molecule has 0 saturated carbocycles. The van der Waals surface area contributed by atoms with Crippen LogP contribution in [0.25, 0.3) is 16.7 Å². The average molecular weight is 272 g/mol. The van der Waals surface area contributed by atoms with Crippen molar-refractivity contribution in [2.45, 2.75) is 33.6 Å². The Bertz CT molecular complexity index is 876. The standard InChI is InChI=1S/C13H16N6O/c1-4-7-9-11(18-13(14)16-7)19-8(5-2)15-6(3)10(19)12(20)17-9/h4-5H2,1-3H3,(H,17,20)(H2,14,16,18). The van der Waals surface area contributed by atoms with Crippen molar-refractivity contribution in [3.63, 3.8) is 0 Å². The van der Waals surface area contributed by atoms with Gasteiger partial charge in [0.05, 0.1) is 11.4 Å². The minimum atomic E-state index is -0.176. The first-order valence-electron chi connectivity index (χ1n) is 6.63. The highest BCUT2D eigenvalue weighted by Gasteiger charge is 2.17. The SMILES string of the molecule is CCc1nc(N)nc2c1[nH]c(=O)c1c(C)nc(CC)n12. The molecular formula is C13H16N6O. The molecule has 0 radical (unpaired) electrons. The molecule has 3 N–H and O–H groups in total. The summed E-state index contributed by atoms with van der Waals surface area (Å²) in [6.45, 7) is 5.77. The van der Waals surface area contributed by atoms with E-state index in [-0.39, 0.29) is 11.5 Å². The van der Waals surface area contributed by atoms with Crippen LogP contribution in [0.4, 0.5) is 5.95 Å². The first-order chi connectivity index (χ1) is 9.56. The van der Waals surface area contributed by atoms with E-state index in [0.717, 1.165) is 11.5 Å². The molecule has 3 heterocycles. The van der Waals surface area contributed by atoms with Crippen molar-refractivity contribution in [3.8, 4) is 0 Å². The third-order valence-corrected chi connectivity index (χ3v) is 3.42. The van der Waals surface area contributed by atoms with E-state index in [1.165, 1.54) is 0 Å². The lowest BCUT2D eigenvalue weighted by molar-refractivity contribution is 0.925. The summed E-state index contributed by atoms with van der Waals surface area (Å²) in [4.78, 5) is 28.1. The molecule has 20 heavy (non-hydrogen) atoms. The van der Waals surface area contributed by atoms with Crippen LogP contribution < -0.4 is 11.3 Å². The molecule has 0 amide bonds. The fourth-order valence-electron chi connectivity index (χ4n) is 2.55. The highest BCUT2D eigenvalue weighted by atomic mass is 16.1. The smallest absolute Gasteiger partial charge is 0.274 e. The maximum atomic E-state index is 12.3. The van der Waals surface area contributed by atoms with E-state index in [0.29, 0.717) is 35.2 Å². The number of aromatic amines is 1. The van der Waals surface area contributed by atoms with Crippen molar-refractivity contribution in [2.24, 2.45) is 0 Å². The largest absolute Gasteiger partial charge is 0.368 e. The fourth-order valence-corrected chi connectivity index (χ4v) is 2.55. The Labute approximate surface area is 114 Å². The molecule has 0 fully saturated rings. The molecule has 7 heteroatoms. The number of aryl methyl sites for hydroxylation is 3. The zero-order chi connectivity index (χ0) is 14.4. The van der Waals surface area contributed by atoms with E-state index in [9.17, 15) is 4.79 Å². The number of hydrogen-bond donors (Lipinski definition) is 2. The minimum Gasteiger partial charge on any atom is -0.368 e. The Hall–Kier alpha value is -2.44. The molecule has 0 bridgehead atoms. The van der Waals surface area contributed by atoms with Gasteiger partial charge >= 0.3 is 0 Å². The van der Waals surface area contributed by atoms with Gasteiger partial charge in [-0.2, -0.15) is 4.98 Å². The summed E-state index contributed by atoms with van der Waals surface area (Å²) in [6.07, 6.45) is 1.37. The number of nitrogen functional groups attached to an aromatic ring is 1. The number of hydrogen-bond acceptors (Lipinski definition) is 5. The van der Waals surface area contributed by atoms with E-state index >= 15 is 0 Å². The number of imidazole rings is 1. The number of nitrogens with one attached hydrogen (secondary N) is 1. The molecule has 3 aromatic rings. The van der Waals surface area contributed by atoms with E-state index in [1.54, 1.807) is 4.40 Å². The second-order valence-electron chi connectivity index (χ2n) is 4.69. The molecule has 0 aromatic carbocycles. The molecule has 104 valence electrons. The summed E-state index contributed by atoms with van der Waals surface area (Å²) in [6, 6.07) is 0. The predicted octanol–water partition coefficient (Wildman–Crippen LogP) is 0.981. The number of anilines is 1. The second kappa shape index (κ2) is 4.29. The molecule has 0 aliphatic carbocycles. The van der Waals surface area contributed by atoms with E-state index in [4.69, 9.17) is 5.73 Å². The molecular weight excluding hydrogens is 256 g/mol. The lowest BCUT2D eigenvalue weighted by atomic mass is 10.2. The normalized spacial score (nSPS) is 11.6. The van der Waals surface area contributed by atoms with Gasteiger partial charge in [0.2, 0.25) is 5.95 Å². The van der Waals surface area contributed by atoms with Crippen molar-refractivity contribution in [1.82, 2.24) is 24.3 Å². The van der Waals surface area contributed by atoms with Crippen molar-refractivity contribution in [1.29, 1.82) is 0 Å². The van der Waals surface area contributed by atoms with E-state index in [2.05, 4.69) is 19.9 Å². The topological polar surface area (TPSA) is 102 Å².